The van der Waals surface area contributed by atoms with Crippen molar-refractivity contribution in [3.63, 3.8) is 0 Å². The van der Waals surface area contributed by atoms with Crippen LogP contribution in [-0.4, -0.2) is 22.5 Å². The molecule has 1 N–H and O–H groups in total. The summed E-state index contributed by atoms with van der Waals surface area (Å²) in [4.78, 5) is 12.2. The molecule has 0 bridgehead atoms. The summed E-state index contributed by atoms with van der Waals surface area (Å²) >= 11 is 0.945. The van der Waals surface area contributed by atoms with Crippen LogP contribution in [0.4, 0.5) is 19.0 Å². The van der Waals surface area contributed by atoms with Crippen LogP contribution in [0.2, 0.25) is 0 Å². The summed E-state index contributed by atoms with van der Waals surface area (Å²) in [7, 11) is 0. The van der Waals surface area contributed by atoms with Crippen molar-refractivity contribution in [1.82, 2.24) is 10.3 Å². The summed E-state index contributed by atoms with van der Waals surface area (Å²) < 4.78 is 43.3. The second-order valence-corrected chi connectivity index (χ2v) is 5.29. The van der Waals surface area contributed by atoms with E-state index in [0.29, 0.717) is 5.69 Å². The molecule has 1 aromatic heterocycles. The number of amides is 1. The van der Waals surface area contributed by atoms with Crippen molar-refractivity contribution in [3.05, 3.63) is 34.5 Å². The van der Waals surface area contributed by atoms with Crippen molar-refractivity contribution in [3.8, 4) is 0 Å². The smallest absolute Gasteiger partial charge is 0.302 e. The number of carbonyl (C=O) groups is 1. The van der Waals surface area contributed by atoms with Crippen molar-refractivity contribution in [2.75, 3.05) is 11.6 Å². The van der Waals surface area contributed by atoms with Crippen LogP contribution in [0.3, 0.4) is 0 Å². The number of carbonyl (C=O) groups excluding carboxylic acids is 1. The molecule has 0 fully saturated rings. The van der Waals surface area contributed by atoms with Crippen LogP contribution in [0.1, 0.15) is 27.2 Å². The van der Waals surface area contributed by atoms with E-state index in [1.807, 2.05) is 0 Å². The number of rotatable bonds is 3. The van der Waals surface area contributed by atoms with Gasteiger partial charge in [0.1, 0.15) is 5.69 Å². The van der Waals surface area contributed by atoms with E-state index in [1.165, 1.54) is 13.2 Å². The predicted molar refractivity (Wildman–Crippen MR) is 75.0 cm³/mol. The van der Waals surface area contributed by atoms with Crippen LogP contribution in [-0.2, 0) is 6.18 Å². The zero-order chi connectivity index (χ0) is 16.5. The lowest BCUT2D eigenvalue weighted by molar-refractivity contribution is -0.139. The molecule has 0 radical (unpaired) electrons. The summed E-state index contributed by atoms with van der Waals surface area (Å²) in [5, 5.41) is 9.48. The third-order valence-electron chi connectivity index (χ3n) is 3.04. The zero-order valence-electron chi connectivity index (χ0n) is 11.9. The Bertz CT molecular complexity index is 713. The van der Waals surface area contributed by atoms with E-state index < -0.39 is 17.6 Å². The molecule has 1 aromatic carbocycles. The maximum absolute atomic E-state index is 13.0. The lowest BCUT2D eigenvalue weighted by Crippen LogP contribution is -2.16. The highest BCUT2D eigenvalue weighted by Crippen LogP contribution is 2.38. The summed E-state index contributed by atoms with van der Waals surface area (Å²) in [6.07, 6.45) is -2.93. The van der Waals surface area contributed by atoms with Crippen molar-refractivity contribution in [2.24, 2.45) is 0 Å². The Labute approximate surface area is 128 Å². The molecule has 0 unspecified atom stereocenters. The Morgan fingerprint density at radius 1 is 1.27 bits per heavy atom. The SMILES string of the molecule is CSc1c(C(F)(F)F)ccc(C(=O)Nc2nonc2C)c1C. The first-order valence-corrected chi connectivity index (χ1v) is 7.33. The molecule has 2 rings (SSSR count). The minimum absolute atomic E-state index is 0.0233. The summed E-state index contributed by atoms with van der Waals surface area (Å²) in [6, 6.07) is 2.05. The van der Waals surface area contributed by atoms with E-state index in [2.05, 4.69) is 20.3 Å². The van der Waals surface area contributed by atoms with Gasteiger partial charge < -0.3 is 5.32 Å². The molecular formula is C13H12F3N3O2S. The standard InChI is InChI=1S/C13H12F3N3O2S/c1-6-8(12(20)17-11-7(2)18-21-19-11)4-5-9(10(6)22-3)13(14,15)16/h4-5H,1-3H3,(H,17,19,20). The minimum Gasteiger partial charge on any atom is -0.302 e. The van der Waals surface area contributed by atoms with Gasteiger partial charge in [0.15, 0.2) is 0 Å². The molecule has 0 saturated heterocycles. The molecule has 2 aromatic rings. The van der Waals surface area contributed by atoms with E-state index in [9.17, 15) is 18.0 Å². The molecule has 1 heterocycles. The number of thioether (sulfide) groups is 1. The Morgan fingerprint density at radius 3 is 2.45 bits per heavy atom. The molecule has 22 heavy (non-hydrogen) atoms. The van der Waals surface area contributed by atoms with E-state index in [-0.39, 0.29) is 21.8 Å². The molecule has 0 saturated carbocycles. The number of nitrogens with zero attached hydrogens (tertiary/aromatic N) is 2. The molecule has 5 nitrogen and oxygen atoms in total. The fourth-order valence-corrected chi connectivity index (χ4v) is 2.76. The van der Waals surface area contributed by atoms with E-state index in [1.54, 1.807) is 6.92 Å². The number of nitrogens with one attached hydrogen (secondary N) is 1. The molecule has 0 spiro atoms. The number of aromatic nitrogens is 2. The molecule has 0 aliphatic carbocycles. The Morgan fingerprint density at radius 2 is 1.95 bits per heavy atom. The van der Waals surface area contributed by atoms with Crippen LogP contribution in [0.25, 0.3) is 0 Å². The molecule has 0 aliphatic rings. The van der Waals surface area contributed by atoms with Crippen molar-refractivity contribution < 1.29 is 22.6 Å². The van der Waals surface area contributed by atoms with Gasteiger partial charge in [0.25, 0.3) is 5.91 Å². The zero-order valence-corrected chi connectivity index (χ0v) is 12.7. The first-order valence-electron chi connectivity index (χ1n) is 6.11. The third kappa shape index (κ3) is 3.08. The molecule has 0 aliphatic heterocycles. The van der Waals surface area contributed by atoms with Crippen LogP contribution in [0.15, 0.2) is 21.7 Å². The lowest BCUT2D eigenvalue weighted by atomic mass is 10.0. The van der Waals surface area contributed by atoms with Gasteiger partial charge in [0, 0.05) is 10.5 Å². The number of hydrogen-bond donors (Lipinski definition) is 1. The number of halogens is 3. The van der Waals surface area contributed by atoms with Crippen LogP contribution in [0, 0.1) is 13.8 Å². The number of anilines is 1. The number of hydrogen-bond acceptors (Lipinski definition) is 5. The maximum atomic E-state index is 13.0. The van der Waals surface area contributed by atoms with Gasteiger partial charge in [-0.15, -0.1) is 11.8 Å². The highest BCUT2D eigenvalue weighted by Gasteiger charge is 2.34. The van der Waals surface area contributed by atoms with E-state index in [4.69, 9.17) is 0 Å². The molecular weight excluding hydrogens is 319 g/mol. The average molecular weight is 331 g/mol. The van der Waals surface area contributed by atoms with Gasteiger partial charge in [-0.3, -0.25) is 4.79 Å². The van der Waals surface area contributed by atoms with Crippen LogP contribution in [0.5, 0.6) is 0 Å². The Kier molecular flexibility index (Phi) is 4.45. The fourth-order valence-electron chi connectivity index (χ4n) is 1.94. The topological polar surface area (TPSA) is 68.0 Å². The summed E-state index contributed by atoms with van der Waals surface area (Å²) in [5.41, 5.74) is 0.0185. The lowest BCUT2D eigenvalue weighted by Gasteiger charge is -2.16. The molecule has 9 heteroatoms. The maximum Gasteiger partial charge on any atom is 0.417 e. The number of aryl methyl sites for hydroxylation is 1. The highest BCUT2D eigenvalue weighted by atomic mass is 32.2. The molecule has 1 amide bonds. The first kappa shape index (κ1) is 16.3. The van der Waals surface area contributed by atoms with Gasteiger partial charge in [-0.1, -0.05) is 5.16 Å². The Hall–Kier alpha value is -2.03. The molecule has 118 valence electrons. The van der Waals surface area contributed by atoms with Gasteiger partial charge >= 0.3 is 6.18 Å². The fraction of sp³-hybridized carbons (Fsp3) is 0.308. The van der Waals surface area contributed by atoms with Gasteiger partial charge in [0.05, 0.1) is 5.56 Å². The second-order valence-electron chi connectivity index (χ2n) is 4.47. The van der Waals surface area contributed by atoms with Crippen molar-refractivity contribution in [2.45, 2.75) is 24.9 Å². The van der Waals surface area contributed by atoms with Gasteiger partial charge in [-0.2, -0.15) is 13.2 Å². The molecule has 0 atom stereocenters. The Balaban J connectivity index is 2.40. The van der Waals surface area contributed by atoms with Gasteiger partial charge in [0.2, 0.25) is 5.82 Å². The van der Waals surface area contributed by atoms with Crippen molar-refractivity contribution >= 4 is 23.5 Å². The normalized spacial score (nSPS) is 11.5. The largest absolute Gasteiger partial charge is 0.417 e. The minimum atomic E-state index is -4.47. The predicted octanol–water partition coefficient (Wildman–Crippen LogP) is 3.68. The van der Waals surface area contributed by atoms with Gasteiger partial charge in [-0.25, -0.2) is 4.63 Å². The number of alkyl halides is 3. The first-order chi connectivity index (χ1) is 10.3. The van der Waals surface area contributed by atoms with Gasteiger partial charge in [-0.05, 0) is 43.0 Å². The van der Waals surface area contributed by atoms with Crippen LogP contribution >= 0.6 is 11.8 Å². The quantitative estimate of drug-likeness (QED) is 0.869. The number of benzene rings is 1. The average Bonchev–Trinajstić information content (AvgIpc) is 2.82. The highest BCUT2D eigenvalue weighted by molar-refractivity contribution is 7.98. The monoisotopic (exact) mass is 331 g/mol. The van der Waals surface area contributed by atoms with E-state index >= 15 is 0 Å². The third-order valence-corrected chi connectivity index (χ3v) is 3.98. The summed E-state index contributed by atoms with van der Waals surface area (Å²) in [5.74, 6) is -0.435. The van der Waals surface area contributed by atoms with Crippen LogP contribution < -0.4 is 5.32 Å². The summed E-state index contributed by atoms with van der Waals surface area (Å²) in [6.45, 7) is 3.06. The van der Waals surface area contributed by atoms with Crippen molar-refractivity contribution in [1.29, 1.82) is 0 Å². The van der Waals surface area contributed by atoms with E-state index in [0.717, 1.165) is 23.9 Å². The second kappa shape index (κ2) is 5.99.